The van der Waals surface area contributed by atoms with Crippen LogP contribution >= 0.6 is 0 Å². The lowest BCUT2D eigenvalue weighted by Crippen LogP contribution is -2.44. The van der Waals surface area contributed by atoms with Crippen LogP contribution in [0.3, 0.4) is 0 Å². The molecule has 0 aliphatic carbocycles. The molecule has 0 aromatic rings. The highest BCUT2D eigenvalue weighted by Crippen LogP contribution is 2.30. The Hall–Kier alpha value is -0.710. The summed E-state index contributed by atoms with van der Waals surface area (Å²) in [5.74, 6) is -2.86. The van der Waals surface area contributed by atoms with Gasteiger partial charge in [0.05, 0.1) is 12.0 Å². The van der Waals surface area contributed by atoms with Gasteiger partial charge in [-0.2, -0.15) is 0 Å². The van der Waals surface area contributed by atoms with E-state index in [1.165, 1.54) is 4.90 Å². The van der Waals surface area contributed by atoms with Gasteiger partial charge in [-0.15, -0.1) is 0 Å². The largest absolute Gasteiger partial charge is 0.395 e. The second kappa shape index (κ2) is 5.29. The lowest BCUT2D eigenvalue weighted by Gasteiger charge is -2.31. The molecule has 1 rings (SSSR count). The number of aliphatic hydroxyl groups excluding tert-OH is 1. The molecule has 100 valence electrons. The summed E-state index contributed by atoms with van der Waals surface area (Å²) >= 11 is 0. The minimum atomic E-state index is -2.66. The second-order valence-corrected chi connectivity index (χ2v) is 5.07. The molecule has 3 nitrogen and oxygen atoms in total. The van der Waals surface area contributed by atoms with Crippen molar-refractivity contribution in [3.05, 3.63) is 0 Å². The first-order valence-corrected chi connectivity index (χ1v) is 6.13. The maximum atomic E-state index is 13.2. The van der Waals surface area contributed by atoms with Crippen LogP contribution in [0.15, 0.2) is 0 Å². The highest BCUT2D eigenvalue weighted by molar-refractivity contribution is 5.82. The molecule has 0 aromatic carbocycles. The minimum absolute atomic E-state index is 0.0847. The van der Waals surface area contributed by atoms with Crippen molar-refractivity contribution in [1.29, 1.82) is 0 Å². The molecule has 1 unspecified atom stereocenters. The number of carbonyl (C=O) groups is 1. The summed E-state index contributed by atoms with van der Waals surface area (Å²) in [6.07, 6.45) is 0.405. The number of halogens is 2. The molecule has 1 aliphatic rings. The Labute approximate surface area is 101 Å². The van der Waals surface area contributed by atoms with Crippen molar-refractivity contribution in [3.63, 3.8) is 0 Å². The number of hydrogen-bond acceptors (Lipinski definition) is 2. The van der Waals surface area contributed by atoms with E-state index in [9.17, 15) is 18.7 Å². The number of carbonyl (C=O) groups excluding carboxylic acids is 1. The fourth-order valence-corrected chi connectivity index (χ4v) is 1.98. The van der Waals surface area contributed by atoms with Crippen molar-refractivity contribution in [3.8, 4) is 0 Å². The molecule has 1 amide bonds. The Morgan fingerprint density at radius 2 is 2.06 bits per heavy atom. The van der Waals surface area contributed by atoms with Gasteiger partial charge >= 0.3 is 0 Å². The summed E-state index contributed by atoms with van der Waals surface area (Å²) in [7, 11) is 0. The highest BCUT2D eigenvalue weighted by atomic mass is 19.3. The standard InChI is InChI=1S/C12H21F2NO2/c1-3-11(2,9-16)10(17)15-7-4-5-12(13,14)6-8-15/h16H,3-9H2,1-2H3. The number of likely N-dealkylation sites (tertiary alicyclic amines) is 1. The van der Waals surface area contributed by atoms with Crippen LogP contribution in [0.2, 0.25) is 0 Å². The number of alkyl halides is 2. The van der Waals surface area contributed by atoms with E-state index in [0.717, 1.165) is 0 Å². The topological polar surface area (TPSA) is 40.5 Å². The molecule has 0 radical (unpaired) electrons. The Morgan fingerprint density at radius 3 is 2.59 bits per heavy atom. The van der Waals surface area contributed by atoms with E-state index in [2.05, 4.69) is 0 Å². The van der Waals surface area contributed by atoms with Crippen LogP contribution in [-0.4, -0.2) is 41.5 Å². The first kappa shape index (κ1) is 14.4. The quantitative estimate of drug-likeness (QED) is 0.831. The van der Waals surface area contributed by atoms with Crippen LogP contribution in [0.25, 0.3) is 0 Å². The van der Waals surface area contributed by atoms with Crippen LogP contribution in [0.4, 0.5) is 8.78 Å². The van der Waals surface area contributed by atoms with E-state index in [1.54, 1.807) is 6.92 Å². The van der Waals surface area contributed by atoms with Gasteiger partial charge in [-0.25, -0.2) is 8.78 Å². The molecule has 1 saturated heterocycles. The fourth-order valence-electron chi connectivity index (χ4n) is 1.98. The molecular formula is C12H21F2NO2. The van der Waals surface area contributed by atoms with E-state index in [-0.39, 0.29) is 31.9 Å². The number of aliphatic hydroxyl groups is 1. The molecule has 1 heterocycles. The molecule has 0 aromatic heterocycles. The van der Waals surface area contributed by atoms with Gasteiger partial charge in [0.1, 0.15) is 0 Å². The molecule has 1 fully saturated rings. The zero-order valence-electron chi connectivity index (χ0n) is 10.5. The zero-order chi connectivity index (χ0) is 13.1. The molecule has 17 heavy (non-hydrogen) atoms. The Morgan fingerprint density at radius 1 is 1.41 bits per heavy atom. The lowest BCUT2D eigenvalue weighted by molar-refractivity contribution is -0.144. The van der Waals surface area contributed by atoms with Gasteiger partial charge in [0, 0.05) is 25.9 Å². The normalized spacial score (nSPS) is 23.9. The molecule has 1 atom stereocenters. The van der Waals surface area contributed by atoms with Gasteiger partial charge < -0.3 is 10.0 Å². The highest BCUT2D eigenvalue weighted by Gasteiger charge is 2.38. The molecular weight excluding hydrogens is 228 g/mol. The van der Waals surface area contributed by atoms with E-state index >= 15 is 0 Å². The van der Waals surface area contributed by atoms with Gasteiger partial charge in [0.15, 0.2) is 0 Å². The SMILES string of the molecule is CCC(C)(CO)C(=O)N1CCCC(F)(F)CC1. The summed E-state index contributed by atoms with van der Waals surface area (Å²) in [6, 6.07) is 0. The van der Waals surface area contributed by atoms with Gasteiger partial charge in [-0.05, 0) is 19.8 Å². The smallest absolute Gasteiger partial charge is 0.249 e. The average molecular weight is 249 g/mol. The fraction of sp³-hybridized carbons (Fsp3) is 0.917. The molecule has 0 spiro atoms. The molecule has 5 heteroatoms. The predicted octanol–water partition coefficient (Wildman–Crippen LogP) is 2.04. The molecule has 0 saturated carbocycles. The van der Waals surface area contributed by atoms with Crippen molar-refractivity contribution in [2.75, 3.05) is 19.7 Å². The van der Waals surface area contributed by atoms with E-state index in [4.69, 9.17) is 0 Å². The van der Waals surface area contributed by atoms with Crippen LogP contribution in [0.1, 0.15) is 39.5 Å². The van der Waals surface area contributed by atoms with Crippen LogP contribution in [-0.2, 0) is 4.79 Å². The van der Waals surface area contributed by atoms with Crippen LogP contribution < -0.4 is 0 Å². The van der Waals surface area contributed by atoms with Gasteiger partial charge in [-0.3, -0.25) is 4.79 Å². The zero-order valence-corrected chi connectivity index (χ0v) is 10.5. The van der Waals surface area contributed by atoms with Crippen LogP contribution in [0, 0.1) is 5.41 Å². The lowest BCUT2D eigenvalue weighted by atomic mass is 9.87. The summed E-state index contributed by atoms with van der Waals surface area (Å²) in [4.78, 5) is 13.6. The van der Waals surface area contributed by atoms with Crippen molar-refractivity contribution in [1.82, 2.24) is 4.90 Å². The summed E-state index contributed by atoms with van der Waals surface area (Å²) in [6.45, 7) is 3.71. The van der Waals surface area contributed by atoms with Crippen LogP contribution in [0.5, 0.6) is 0 Å². The third-order valence-electron chi connectivity index (χ3n) is 3.65. The minimum Gasteiger partial charge on any atom is -0.395 e. The number of nitrogens with zero attached hydrogens (tertiary/aromatic N) is 1. The molecule has 1 N–H and O–H groups in total. The third-order valence-corrected chi connectivity index (χ3v) is 3.65. The predicted molar refractivity (Wildman–Crippen MR) is 60.9 cm³/mol. The van der Waals surface area contributed by atoms with Crippen molar-refractivity contribution < 1.29 is 18.7 Å². The summed E-state index contributed by atoms with van der Waals surface area (Å²) in [5, 5.41) is 9.26. The summed E-state index contributed by atoms with van der Waals surface area (Å²) < 4.78 is 26.3. The van der Waals surface area contributed by atoms with E-state index in [1.807, 2.05) is 6.92 Å². The van der Waals surface area contributed by atoms with Gasteiger partial charge in [0.25, 0.3) is 0 Å². The monoisotopic (exact) mass is 249 g/mol. The van der Waals surface area contributed by atoms with Crippen molar-refractivity contribution in [2.45, 2.75) is 45.5 Å². The summed E-state index contributed by atoms with van der Waals surface area (Å²) in [5.41, 5.74) is -0.834. The van der Waals surface area contributed by atoms with Crippen molar-refractivity contribution in [2.24, 2.45) is 5.41 Å². The first-order valence-electron chi connectivity index (χ1n) is 6.13. The number of rotatable bonds is 3. The third kappa shape index (κ3) is 3.37. The average Bonchev–Trinajstić information content (AvgIpc) is 2.48. The number of hydrogen-bond donors (Lipinski definition) is 1. The van der Waals surface area contributed by atoms with Gasteiger partial charge in [-0.1, -0.05) is 6.92 Å². The molecule has 0 bridgehead atoms. The maximum Gasteiger partial charge on any atom is 0.249 e. The Bertz CT molecular complexity index is 278. The number of amides is 1. The Balaban J connectivity index is 2.70. The van der Waals surface area contributed by atoms with E-state index < -0.39 is 11.3 Å². The maximum absolute atomic E-state index is 13.2. The van der Waals surface area contributed by atoms with E-state index in [0.29, 0.717) is 19.4 Å². The Kier molecular flexibility index (Phi) is 4.47. The molecule has 1 aliphatic heterocycles. The second-order valence-electron chi connectivity index (χ2n) is 5.07. The van der Waals surface area contributed by atoms with Crippen molar-refractivity contribution >= 4 is 5.91 Å². The first-order chi connectivity index (χ1) is 7.84. The van der Waals surface area contributed by atoms with Gasteiger partial charge in [0.2, 0.25) is 11.8 Å².